The smallest absolute Gasteiger partial charge is 0.343 e. The van der Waals surface area contributed by atoms with E-state index in [4.69, 9.17) is 10.2 Å². The standard InChI is InChI=1S/C4H8O3S.H3N/c1-2-8-4(7)3(5)6;/h4,7H,2H2,1H3,(H,5,6);1H3. The summed E-state index contributed by atoms with van der Waals surface area (Å²) in [7, 11) is 0. The molecule has 4 nitrogen and oxygen atoms in total. The van der Waals surface area contributed by atoms with E-state index in [0.29, 0.717) is 5.75 Å². The third kappa shape index (κ3) is 5.61. The molecule has 5 N–H and O–H groups in total. The van der Waals surface area contributed by atoms with E-state index >= 15 is 0 Å². The second kappa shape index (κ2) is 5.87. The Morgan fingerprint density at radius 3 is 2.33 bits per heavy atom. The van der Waals surface area contributed by atoms with Gasteiger partial charge < -0.3 is 16.4 Å². The number of hydrogen-bond donors (Lipinski definition) is 3. The Balaban J connectivity index is 0. The predicted molar refractivity (Wildman–Crippen MR) is 36.8 cm³/mol. The van der Waals surface area contributed by atoms with Crippen LogP contribution in [0.3, 0.4) is 0 Å². The van der Waals surface area contributed by atoms with Gasteiger partial charge in [-0.2, -0.15) is 0 Å². The van der Waals surface area contributed by atoms with Gasteiger partial charge in [0, 0.05) is 0 Å². The summed E-state index contributed by atoms with van der Waals surface area (Å²) in [6, 6.07) is 0. The molecule has 0 aliphatic heterocycles. The summed E-state index contributed by atoms with van der Waals surface area (Å²) < 4.78 is 0. The Morgan fingerprint density at radius 1 is 1.78 bits per heavy atom. The zero-order chi connectivity index (χ0) is 6.57. The molecule has 0 aromatic carbocycles. The predicted octanol–water partition coefficient (Wildman–Crippen LogP) is 0.304. The Hall–Kier alpha value is -0.260. The summed E-state index contributed by atoms with van der Waals surface area (Å²) in [5, 5.41) is 16.5. The maximum absolute atomic E-state index is 9.82. The van der Waals surface area contributed by atoms with E-state index in [2.05, 4.69) is 0 Å². The lowest BCUT2D eigenvalue weighted by Crippen LogP contribution is -2.14. The molecule has 0 aliphatic rings. The van der Waals surface area contributed by atoms with E-state index in [9.17, 15) is 4.79 Å². The van der Waals surface area contributed by atoms with Crippen LogP contribution >= 0.6 is 11.8 Å². The molecule has 56 valence electrons. The third-order valence-electron chi connectivity index (χ3n) is 0.536. The minimum Gasteiger partial charge on any atom is -0.479 e. The van der Waals surface area contributed by atoms with Crippen molar-refractivity contribution >= 4 is 17.7 Å². The first kappa shape index (κ1) is 11.5. The van der Waals surface area contributed by atoms with Gasteiger partial charge in [0.25, 0.3) is 0 Å². The number of rotatable bonds is 3. The number of carboxylic acids is 1. The molecule has 0 aromatic heterocycles. The average Bonchev–Trinajstić information content (AvgIpc) is 1.67. The fourth-order valence-electron chi connectivity index (χ4n) is 0.229. The molecule has 0 saturated heterocycles. The lowest BCUT2D eigenvalue weighted by atomic mass is 10.7. The SMILES string of the molecule is CCSC(O)C(=O)O.N. The van der Waals surface area contributed by atoms with Gasteiger partial charge >= 0.3 is 5.97 Å². The third-order valence-corrected chi connectivity index (χ3v) is 1.39. The van der Waals surface area contributed by atoms with Gasteiger partial charge in [-0.05, 0) is 5.75 Å². The van der Waals surface area contributed by atoms with Crippen molar-refractivity contribution in [2.45, 2.75) is 12.4 Å². The molecule has 0 heterocycles. The molecular weight excluding hydrogens is 142 g/mol. The minimum atomic E-state index is -1.25. The number of carboxylic acid groups (broad SMARTS) is 1. The summed E-state index contributed by atoms with van der Waals surface area (Å²) in [6.07, 6.45) is 0. The van der Waals surface area contributed by atoms with E-state index in [1.165, 1.54) is 0 Å². The minimum absolute atomic E-state index is 0. The maximum atomic E-state index is 9.82. The van der Waals surface area contributed by atoms with Gasteiger partial charge in [-0.15, -0.1) is 11.8 Å². The summed E-state index contributed by atoms with van der Waals surface area (Å²) in [4.78, 5) is 9.82. The van der Waals surface area contributed by atoms with Gasteiger partial charge in [0.2, 0.25) is 0 Å². The van der Waals surface area contributed by atoms with E-state index in [1.54, 1.807) is 6.92 Å². The number of carbonyl (C=O) groups is 1. The molecule has 1 unspecified atom stereocenters. The second-order valence-corrected chi connectivity index (χ2v) is 2.50. The summed E-state index contributed by atoms with van der Waals surface area (Å²) in [6.45, 7) is 1.79. The highest BCUT2D eigenvalue weighted by Crippen LogP contribution is 2.05. The van der Waals surface area contributed by atoms with Gasteiger partial charge in [-0.1, -0.05) is 6.92 Å². The second-order valence-electron chi connectivity index (χ2n) is 1.15. The highest BCUT2D eigenvalue weighted by Gasteiger charge is 2.10. The molecule has 0 radical (unpaired) electrons. The number of thioether (sulfide) groups is 1. The Kier molecular flexibility index (Phi) is 7.52. The van der Waals surface area contributed by atoms with Crippen LogP contribution in [0.4, 0.5) is 0 Å². The van der Waals surface area contributed by atoms with Crippen molar-refractivity contribution in [2.75, 3.05) is 5.75 Å². The van der Waals surface area contributed by atoms with Crippen LogP contribution in [0.5, 0.6) is 0 Å². The summed E-state index contributed by atoms with van der Waals surface area (Å²) in [5.41, 5.74) is -1.25. The summed E-state index contributed by atoms with van der Waals surface area (Å²) >= 11 is 0.995. The van der Waals surface area contributed by atoms with Gasteiger partial charge in [0.1, 0.15) is 0 Å². The molecule has 0 spiro atoms. The molecule has 0 bridgehead atoms. The number of aliphatic hydroxyl groups excluding tert-OH is 1. The van der Waals surface area contributed by atoms with Crippen LogP contribution in [0, 0.1) is 0 Å². The average molecular weight is 153 g/mol. The zero-order valence-electron chi connectivity index (χ0n) is 5.20. The van der Waals surface area contributed by atoms with Crippen molar-refractivity contribution in [1.82, 2.24) is 6.15 Å². The monoisotopic (exact) mass is 153 g/mol. The quantitative estimate of drug-likeness (QED) is 0.507. The van der Waals surface area contributed by atoms with Gasteiger partial charge in [0.05, 0.1) is 0 Å². The van der Waals surface area contributed by atoms with Crippen molar-refractivity contribution in [3.63, 3.8) is 0 Å². The van der Waals surface area contributed by atoms with Crippen LogP contribution in [0.2, 0.25) is 0 Å². The van der Waals surface area contributed by atoms with Crippen LogP contribution in [-0.2, 0) is 4.79 Å². The number of aliphatic hydroxyl groups is 1. The molecule has 5 heteroatoms. The van der Waals surface area contributed by atoms with Crippen molar-refractivity contribution in [1.29, 1.82) is 0 Å². The van der Waals surface area contributed by atoms with Gasteiger partial charge in [0.15, 0.2) is 5.44 Å². The number of aliphatic carboxylic acids is 1. The Bertz CT molecular complexity index is 87.9. The highest BCUT2D eigenvalue weighted by atomic mass is 32.2. The van der Waals surface area contributed by atoms with Gasteiger partial charge in [-0.3, -0.25) is 0 Å². The van der Waals surface area contributed by atoms with Crippen molar-refractivity contribution in [3.8, 4) is 0 Å². The van der Waals surface area contributed by atoms with Gasteiger partial charge in [-0.25, -0.2) is 4.79 Å². The maximum Gasteiger partial charge on any atom is 0.343 e. The van der Waals surface area contributed by atoms with Crippen molar-refractivity contribution in [2.24, 2.45) is 0 Å². The van der Waals surface area contributed by atoms with E-state index < -0.39 is 11.4 Å². The largest absolute Gasteiger partial charge is 0.479 e. The topological polar surface area (TPSA) is 92.5 Å². The van der Waals surface area contributed by atoms with Crippen LogP contribution in [0.1, 0.15) is 6.92 Å². The van der Waals surface area contributed by atoms with Crippen LogP contribution in [0.25, 0.3) is 0 Å². The van der Waals surface area contributed by atoms with E-state index in [0.717, 1.165) is 11.8 Å². The first-order valence-electron chi connectivity index (χ1n) is 2.21. The lowest BCUT2D eigenvalue weighted by Gasteiger charge is -1.99. The van der Waals surface area contributed by atoms with Crippen molar-refractivity contribution in [3.05, 3.63) is 0 Å². The summed E-state index contributed by atoms with van der Waals surface area (Å²) in [5.74, 6) is -0.551. The van der Waals surface area contributed by atoms with E-state index in [1.807, 2.05) is 0 Å². The zero-order valence-corrected chi connectivity index (χ0v) is 6.02. The molecule has 1 atom stereocenters. The number of hydrogen-bond acceptors (Lipinski definition) is 4. The van der Waals surface area contributed by atoms with Crippen LogP contribution in [0.15, 0.2) is 0 Å². The molecule has 0 saturated carbocycles. The molecule has 0 aliphatic carbocycles. The first-order chi connectivity index (χ1) is 3.68. The fraction of sp³-hybridized carbons (Fsp3) is 0.750. The molecule has 0 fully saturated rings. The van der Waals surface area contributed by atoms with Crippen LogP contribution in [-0.4, -0.2) is 27.4 Å². The fourth-order valence-corrected chi connectivity index (χ4v) is 0.687. The Labute approximate surface area is 57.8 Å². The normalized spacial score (nSPS) is 11.8. The lowest BCUT2D eigenvalue weighted by molar-refractivity contribution is -0.141. The van der Waals surface area contributed by atoms with Crippen LogP contribution < -0.4 is 6.15 Å². The highest BCUT2D eigenvalue weighted by molar-refractivity contribution is 8.00. The Morgan fingerprint density at radius 2 is 2.22 bits per heavy atom. The molecular formula is C4H11NO3S. The van der Waals surface area contributed by atoms with Crippen molar-refractivity contribution < 1.29 is 15.0 Å². The molecule has 0 rings (SSSR count). The molecule has 0 aromatic rings. The molecule has 9 heavy (non-hydrogen) atoms. The molecule has 0 amide bonds. The first-order valence-corrected chi connectivity index (χ1v) is 3.25. The van der Waals surface area contributed by atoms with E-state index in [-0.39, 0.29) is 6.15 Å².